The van der Waals surface area contributed by atoms with Gasteiger partial charge in [-0.15, -0.1) is 0 Å². The number of benzene rings is 2. The van der Waals surface area contributed by atoms with Gasteiger partial charge >= 0.3 is 5.97 Å². The van der Waals surface area contributed by atoms with Gasteiger partial charge in [0.05, 0.1) is 34.2 Å². The lowest BCUT2D eigenvalue weighted by molar-refractivity contribution is 0.0600. The smallest absolute Gasteiger partial charge is 0.339 e. The van der Waals surface area contributed by atoms with Crippen LogP contribution >= 0.6 is 0 Å². The molecule has 2 aromatic carbocycles. The number of rotatable bonds is 3. The van der Waals surface area contributed by atoms with Crippen LogP contribution in [-0.2, 0) is 14.6 Å². The van der Waals surface area contributed by atoms with E-state index in [2.05, 4.69) is 14.7 Å². The van der Waals surface area contributed by atoms with Gasteiger partial charge in [-0.3, -0.25) is 0 Å². The van der Waals surface area contributed by atoms with Crippen LogP contribution in [0.15, 0.2) is 41.3 Å². The number of H-pyrrole nitrogens is 1. The molecule has 126 valence electrons. The highest BCUT2D eigenvalue weighted by atomic mass is 32.2. The van der Waals surface area contributed by atoms with E-state index in [0.717, 1.165) is 24.9 Å². The molecule has 0 saturated heterocycles. The fourth-order valence-electron chi connectivity index (χ4n) is 2.52. The largest absolute Gasteiger partial charge is 0.465 e. The number of para-hydroxylation sites is 2. The molecular weight excluding hydrogens is 342 g/mol. The number of aromatic amines is 1. The first kappa shape index (κ1) is 16.7. The molecule has 1 aromatic heterocycles. The minimum atomic E-state index is -3.69. The fraction of sp³-hybridized carbons (Fsp3) is 0.118. The van der Waals surface area contributed by atoms with E-state index in [9.17, 15) is 18.5 Å². The van der Waals surface area contributed by atoms with Gasteiger partial charge in [-0.25, -0.2) is 18.2 Å². The predicted molar refractivity (Wildman–Crippen MR) is 90.7 cm³/mol. The van der Waals surface area contributed by atoms with Gasteiger partial charge in [0.2, 0.25) is 0 Å². The number of nitriles is 1. The van der Waals surface area contributed by atoms with Crippen molar-refractivity contribution in [3.63, 3.8) is 0 Å². The predicted octanol–water partition coefficient (Wildman–Crippen LogP) is 2.29. The van der Waals surface area contributed by atoms with Crippen LogP contribution < -0.4 is 0 Å². The highest BCUT2D eigenvalue weighted by Crippen LogP contribution is 2.30. The first-order valence-corrected chi connectivity index (χ1v) is 9.06. The number of fused-ring (bicyclic) bond motifs is 1. The van der Waals surface area contributed by atoms with Gasteiger partial charge in [0.15, 0.2) is 9.84 Å². The van der Waals surface area contributed by atoms with Gasteiger partial charge in [-0.05, 0) is 24.3 Å². The first-order chi connectivity index (χ1) is 11.8. The number of ether oxygens (including phenoxy) is 1. The molecule has 0 saturated carbocycles. The van der Waals surface area contributed by atoms with Gasteiger partial charge in [0.1, 0.15) is 11.9 Å². The molecule has 3 aromatic rings. The molecule has 0 bridgehead atoms. The van der Waals surface area contributed by atoms with Gasteiger partial charge in [-0.1, -0.05) is 12.1 Å². The van der Waals surface area contributed by atoms with Crippen LogP contribution in [0.3, 0.4) is 0 Å². The summed E-state index contributed by atoms with van der Waals surface area (Å²) in [4.78, 5) is 19.2. The minimum absolute atomic E-state index is 0.00899. The van der Waals surface area contributed by atoms with Crippen LogP contribution in [0.25, 0.3) is 22.4 Å². The number of hydrogen-bond donors (Lipinski definition) is 1. The standard InChI is InChI=1S/C17H13N3O4S/c1-24-17(21)11-8-15(25(2,22)23)12(7-10(11)9-18)16-19-13-5-3-4-6-14(13)20-16/h3-8H,1-2H3,(H,19,20). The lowest BCUT2D eigenvalue weighted by atomic mass is 10.0. The Labute approximate surface area is 143 Å². The van der Waals surface area contributed by atoms with Crippen molar-refractivity contribution in [2.45, 2.75) is 4.90 Å². The molecule has 0 unspecified atom stereocenters. The zero-order valence-corrected chi connectivity index (χ0v) is 14.2. The second-order valence-electron chi connectivity index (χ2n) is 5.37. The Hall–Kier alpha value is -3.18. The zero-order chi connectivity index (χ0) is 18.2. The molecule has 25 heavy (non-hydrogen) atoms. The van der Waals surface area contributed by atoms with E-state index in [1.54, 1.807) is 12.1 Å². The molecule has 0 aliphatic rings. The summed E-state index contributed by atoms with van der Waals surface area (Å²) >= 11 is 0. The third-order valence-electron chi connectivity index (χ3n) is 3.69. The molecule has 0 aliphatic carbocycles. The van der Waals surface area contributed by atoms with Gasteiger partial charge < -0.3 is 9.72 Å². The third-order valence-corrected chi connectivity index (χ3v) is 4.83. The SMILES string of the molecule is COC(=O)c1cc(S(C)(=O)=O)c(-c2nc3ccccc3[nH]2)cc1C#N. The van der Waals surface area contributed by atoms with Crippen molar-refractivity contribution >= 4 is 26.8 Å². The van der Waals surface area contributed by atoms with E-state index in [0.29, 0.717) is 11.3 Å². The van der Waals surface area contributed by atoms with Crippen molar-refractivity contribution in [2.24, 2.45) is 0 Å². The number of aromatic nitrogens is 2. The number of hydrogen-bond acceptors (Lipinski definition) is 6. The maximum atomic E-state index is 12.2. The van der Waals surface area contributed by atoms with E-state index in [1.807, 2.05) is 18.2 Å². The maximum absolute atomic E-state index is 12.2. The van der Waals surface area contributed by atoms with Crippen LogP contribution in [0.2, 0.25) is 0 Å². The molecule has 3 rings (SSSR count). The molecule has 0 atom stereocenters. The Morgan fingerprint density at radius 1 is 1.28 bits per heavy atom. The van der Waals surface area contributed by atoms with Crippen molar-refractivity contribution < 1.29 is 17.9 Å². The number of nitrogens with one attached hydrogen (secondary N) is 1. The zero-order valence-electron chi connectivity index (χ0n) is 13.4. The molecule has 0 spiro atoms. The number of methoxy groups -OCH3 is 1. The summed E-state index contributed by atoms with van der Waals surface area (Å²) in [7, 11) is -2.52. The summed E-state index contributed by atoms with van der Waals surface area (Å²) in [5.41, 5.74) is 1.52. The second-order valence-corrected chi connectivity index (χ2v) is 7.36. The molecule has 1 N–H and O–H groups in total. The quantitative estimate of drug-likeness (QED) is 0.721. The molecule has 0 radical (unpaired) electrons. The Morgan fingerprint density at radius 3 is 2.60 bits per heavy atom. The first-order valence-electron chi connectivity index (χ1n) is 7.17. The van der Waals surface area contributed by atoms with E-state index >= 15 is 0 Å². The second kappa shape index (κ2) is 6.03. The molecule has 7 nitrogen and oxygen atoms in total. The van der Waals surface area contributed by atoms with Crippen LogP contribution in [0, 0.1) is 11.3 Å². The molecule has 0 aliphatic heterocycles. The van der Waals surface area contributed by atoms with Gasteiger partial charge in [0.25, 0.3) is 0 Å². The van der Waals surface area contributed by atoms with E-state index < -0.39 is 15.8 Å². The average Bonchev–Trinajstić information content (AvgIpc) is 3.03. The summed E-state index contributed by atoms with van der Waals surface area (Å²) in [5.74, 6) is -0.479. The van der Waals surface area contributed by atoms with Crippen LogP contribution in [0.5, 0.6) is 0 Å². The third kappa shape index (κ3) is 2.97. The van der Waals surface area contributed by atoms with Crippen molar-refractivity contribution in [1.82, 2.24) is 9.97 Å². The Kier molecular flexibility index (Phi) is 4.02. The average molecular weight is 355 g/mol. The number of imidazole rings is 1. The molecular formula is C17H13N3O4S. The monoisotopic (exact) mass is 355 g/mol. The van der Waals surface area contributed by atoms with Gasteiger partial charge in [0, 0.05) is 11.8 Å². The summed E-state index contributed by atoms with van der Waals surface area (Å²) in [6.07, 6.45) is 1.03. The minimum Gasteiger partial charge on any atom is -0.465 e. The summed E-state index contributed by atoms with van der Waals surface area (Å²) in [6.45, 7) is 0. The van der Waals surface area contributed by atoms with Crippen LogP contribution in [0.1, 0.15) is 15.9 Å². The number of carbonyl (C=O) groups is 1. The lowest BCUT2D eigenvalue weighted by Gasteiger charge is -2.10. The van der Waals surface area contributed by atoms with Crippen molar-refractivity contribution in [3.8, 4) is 17.5 Å². The molecule has 0 amide bonds. The Morgan fingerprint density at radius 2 is 2.00 bits per heavy atom. The van der Waals surface area contributed by atoms with E-state index in [4.69, 9.17) is 0 Å². The highest BCUT2D eigenvalue weighted by molar-refractivity contribution is 7.90. The number of esters is 1. The number of sulfone groups is 1. The molecule has 0 fully saturated rings. The normalized spacial score (nSPS) is 11.2. The Bertz CT molecular complexity index is 1110. The van der Waals surface area contributed by atoms with Gasteiger partial charge in [-0.2, -0.15) is 5.26 Å². The maximum Gasteiger partial charge on any atom is 0.339 e. The Balaban J connectivity index is 2.35. The number of nitrogens with zero attached hydrogens (tertiary/aromatic N) is 2. The van der Waals surface area contributed by atoms with Crippen LogP contribution in [0.4, 0.5) is 0 Å². The topological polar surface area (TPSA) is 113 Å². The molecule has 8 heteroatoms. The molecule has 1 heterocycles. The van der Waals surface area contributed by atoms with Crippen molar-refractivity contribution in [2.75, 3.05) is 13.4 Å². The van der Waals surface area contributed by atoms with Crippen molar-refractivity contribution in [3.05, 3.63) is 47.5 Å². The summed E-state index contributed by atoms with van der Waals surface area (Å²) in [5, 5.41) is 9.33. The summed E-state index contributed by atoms with van der Waals surface area (Å²) < 4.78 is 29.1. The summed E-state index contributed by atoms with van der Waals surface area (Å²) in [6, 6.07) is 11.6. The fourth-order valence-corrected chi connectivity index (χ4v) is 3.41. The lowest BCUT2D eigenvalue weighted by Crippen LogP contribution is -2.09. The number of carbonyl (C=O) groups excluding carboxylic acids is 1. The van der Waals surface area contributed by atoms with Crippen LogP contribution in [-0.4, -0.2) is 37.7 Å². The van der Waals surface area contributed by atoms with E-state index in [1.165, 1.54) is 6.07 Å². The van der Waals surface area contributed by atoms with Crippen molar-refractivity contribution in [1.29, 1.82) is 5.26 Å². The van der Waals surface area contributed by atoms with E-state index in [-0.39, 0.29) is 21.6 Å². The highest BCUT2D eigenvalue weighted by Gasteiger charge is 2.23.